The summed E-state index contributed by atoms with van der Waals surface area (Å²) in [5.74, 6) is -0.999. The molecule has 0 N–H and O–H groups in total. The van der Waals surface area contributed by atoms with Crippen molar-refractivity contribution < 1.29 is 19.0 Å². The van der Waals surface area contributed by atoms with Crippen LogP contribution in [0.5, 0.6) is 0 Å². The standard InChI is InChI=1S/C35H32ClN5O5S/c1-22-7-6-10-30(38-22)25-11-12-27(29(36)14-25)28-13-26-15-37-33(47-2)39-31(26)41(32(28)42)16-24-18-45-35(46-19-24)20-40(21-35)34(43)44-17-23-8-4-3-5-9-23/h3-15,24H,16-21H2,1-2H3. The monoisotopic (exact) mass is 669 g/mol. The summed E-state index contributed by atoms with van der Waals surface area (Å²) < 4.78 is 19.5. The number of amides is 1. The highest BCUT2D eigenvalue weighted by Crippen LogP contribution is 2.34. The van der Waals surface area contributed by atoms with Gasteiger partial charge in [0.2, 0.25) is 5.79 Å². The number of pyridine rings is 2. The molecule has 240 valence electrons. The van der Waals surface area contributed by atoms with E-state index in [0.29, 0.717) is 46.7 Å². The first-order chi connectivity index (χ1) is 22.8. The number of carbonyl (C=O) groups excluding carboxylic acids is 1. The van der Waals surface area contributed by atoms with Crippen molar-refractivity contribution in [2.24, 2.45) is 5.92 Å². The van der Waals surface area contributed by atoms with Gasteiger partial charge in [0.15, 0.2) is 5.16 Å². The van der Waals surface area contributed by atoms with Gasteiger partial charge in [-0.05, 0) is 43.0 Å². The van der Waals surface area contributed by atoms with Gasteiger partial charge in [-0.2, -0.15) is 0 Å². The second-order valence-electron chi connectivity index (χ2n) is 11.8. The summed E-state index contributed by atoms with van der Waals surface area (Å²) in [4.78, 5) is 42.0. The SMILES string of the molecule is CSc1ncc2cc(-c3ccc(-c4cccc(C)n4)cc3Cl)c(=O)n(CC3COC4(CN(C(=O)OCc5ccccc5)C4)OC3)c2n1. The lowest BCUT2D eigenvalue weighted by atomic mass is 10.0. The van der Waals surface area contributed by atoms with E-state index < -0.39 is 11.9 Å². The van der Waals surface area contributed by atoms with E-state index in [9.17, 15) is 9.59 Å². The highest BCUT2D eigenvalue weighted by molar-refractivity contribution is 7.98. The van der Waals surface area contributed by atoms with Crippen molar-refractivity contribution in [3.8, 4) is 22.4 Å². The molecule has 5 heterocycles. The first kappa shape index (κ1) is 31.3. The highest BCUT2D eigenvalue weighted by Gasteiger charge is 2.51. The minimum absolute atomic E-state index is 0.131. The maximum Gasteiger partial charge on any atom is 0.410 e. The summed E-state index contributed by atoms with van der Waals surface area (Å²) in [6.45, 7) is 3.72. The molecule has 7 rings (SSSR count). The van der Waals surface area contributed by atoms with Gasteiger partial charge in [0.25, 0.3) is 5.56 Å². The number of hydrogen-bond donors (Lipinski definition) is 0. The Labute approximate surface area is 280 Å². The third-order valence-electron chi connectivity index (χ3n) is 8.36. The maximum absolute atomic E-state index is 14.2. The van der Waals surface area contributed by atoms with Crippen molar-refractivity contribution in [2.75, 3.05) is 32.6 Å². The number of benzene rings is 2. The Morgan fingerprint density at radius 2 is 1.81 bits per heavy atom. The Kier molecular flexibility index (Phi) is 8.71. The molecule has 2 aliphatic heterocycles. The number of halogens is 1. The number of likely N-dealkylation sites (tertiary alicyclic amines) is 1. The molecule has 0 saturated carbocycles. The van der Waals surface area contributed by atoms with Gasteiger partial charge in [0, 0.05) is 51.5 Å². The molecular weight excluding hydrogens is 638 g/mol. The van der Waals surface area contributed by atoms with Gasteiger partial charge in [0.1, 0.15) is 12.3 Å². The molecule has 0 bridgehead atoms. The molecule has 47 heavy (non-hydrogen) atoms. The number of aryl methyl sites for hydroxylation is 1. The van der Waals surface area contributed by atoms with Crippen LogP contribution >= 0.6 is 23.4 Å². The lowest BCUT2D eigenvalue weighted by molar-refractivity contribution is -0.328. The summed E-state index contributed by atoms with van der Waals surface area (Å²) in [6.07, 6.45) is 3.22. The van der Waals surface area contributed by atoms with Gasteiger partial charge >= 0.3 is 6.09 Å². The Morgan fingerprint density at radius 3 is 2.53 bits per heavy atom. The van der Waals surface area contributed by atoms with E-state index in [4.69, 9.17) is 30.8 Å². The van der Waals surface area contributed by atoms with E-state index in [1.54, 1.807) is 21.7 Å². The van der Waals surface area contributed by atoms with Gasteiger partial charge in [-0.25, -0.2) is 14.8 Å². The van der Waals surface area contributed by atoms with Crippen LogP contribution in [0.3, 0.4) is 0 Å². The average molecular weight is 670 g/mol. The van der Waals surface area contributed by atoms with Crippen LogP contribution in [0.2, 0.25) is 5.02 Å². The quantitative estimate of drug-likeness (QED) is 0.147. The average Bonchev–Trinajstić information content (AvgIpc) is 3.08. The van der Waals surface area contributed by atoms with Crippen LogP contribution in [0.1, 0.15) is 11.3 Å². The normalized spacial score (nSPS) is 15.9. The zero-order valence-electron chi connectivity index (χ0n) is 25.9. The van der Waals surface area contributed by atoms with Crippen molar-refractivity contribution in [1.29, 1.82) is 0 Å². The predicted molar refractivity (Wildman–Crippen MR) is 180 cm³/mol. The molecular formula is C35H32ClN5O5S. The number of nitrogens with zero attached hydrogens (tertiary/aromatic N) is 5. The van der Waals surface area contributed by atoms with Crippen molar-refractivity contribution in [2.45, 2.75) is 31.0 Å². The van der Waals surface area contributed by atoms with E-state index in [2.05, 4.69) is 9.97 Å². The summed E-state index contributed by atoms with van der Waals surface area (Å²) >= 11 is 8.23. The Hall–Kier alpha value is -4.29. The molecule has 0 unspecified atom stereocenters. The van der Waals surface area contributed by atoms with Crippen LogP contribution in [-0.4, -0.2) is 68.9 Å². The van der Waals surface area contributed by atoms with Crippen molar-refractivity contribution in [3.05, 3.63) is 106 Å². The first-order valence-electron chi connectivity index (χ1n) is 15.2. The molecule has 12 heteroatoms. The molecule has 1 amide bonds. The number of fused-ring (bicyclic) bond motifs is 1. The number of carbonyl (C=O) groups is 1. The predicted octanol–water partition coefficient (Wildman–Crippen LogP) is 6.22. The van der Waals surface area contributed by atoms with Gasteiger partial charge in [-0.3, -0.25) is 19.2 Å². The number of hydrogen-bond acceptors (Lipinski definition) is 9. The summed E-state index contributed by atoms with van der Waals surface area (Å²) in [6, 6.07) is 22.8. The number of thioether (sulfide) groups is 1. The molecule has 10 nitrogen and oxygen atoms in total. The Bertz CT molecular complexity index is 2010. The first-order valence-corrected chi connectivity index (χ1v) is 16.8. The fourth-order valence-electron chi connectivity index (χ4n) is 5.85. The lowest BCUT2D eigenvalue weighted by Crippen LogP contribution is -2.68. The molecule has 3 aromatic heterocycles. The summed E-state index contributed by atoms with van der Waals surface area (Å²) in [7, 11) is 0. The van der Waals surface area contributed by atoms with Crippen molar-refractivity contribution >= 4 is 40.5 Å². The summed E-state index contributed by atoms with van der Waals surface area (Å²) in [5.41, 5.74) is 4.87. The zero-order valence-corrected chi connectivity index (χ0v) is 27.5. The largest absolute Gasteiger partial charge is 0.445 e. The van der Waals surface area contributed by atoms with Crippen LogP contribution in [0.4, 0.5) is 4.79 Å². The third kappa shape index (κ3) is 6.48. The van der Waals surface area contributed by atoms with E-state index in [1.165, 1.54) is 11.8 Å². The molecule has 0 radical (unpaired) electrons. The fourth-order valence-corrected chi connectivity index (χ4v) is 6.47. The number of rotatable bonds is 7. The molecule has 0 aliphatic carbocycles. The van der Waals surface area contributed by atoms with Crippen molar-refractivity contribution in [3.63, 3.8) is 0 Å². The van der Waals surface area contributed by atoms with E-state index in [0.717, 1.165) is 27.9 Å². The molecule has 2 saturated heterocycles. The van der Waals surface area contributed by atoms with E-state index in [1.807, 2.05) is 79.9 Å². The fraction of sp³-hybridized carbons (Fsp3) is 0.286. The number of ether oxygens (including phenoxy) is 3. The van der Waals surface area contributed by atoms with Crippen LogP contribution in [0, 0.1) is 12.8 Å². The topological polar surface area (TPSA) is 109 Å². The van der Waals surface area contributed by atoms with E-state index >= 15 is 0 Å². The lowest BCUT2D eigenvalue weighted by Gasteiger charge is -2.51. The van der Waals surface area contributed by atoms with Crippen LogP contribution in [0.15, 0.2) is 88.9 Å². The van der Waals surface area contributed by atoms with E-state index in [-0.39, 0.29) is 31.2 Å². The molecule has 2 fully saturated rings. The minimum atomic E-state index is -0.868. The van der Waals surface area contributed by atoms with Crippen LogP contribution in [-0.2, 0) is 27.4 Å². The minimum Gasteiger partial charge on any atom is -0.445 e. The van der Waals surface area contributed by atoms with Gasteiger partial charge < -0.3 is 14.2 Å². The third-order valence-corrected chi connectivity index (χ3v) is 9.24. The second-order valence-corrected chi connectivity index (χ2v) is 12.9. The second kappa shape index (κ2) is 13.1. The van der Waals surface area contributed by atoms with Crippen LogP contribution in [0.25, 0.3) is 33.4 Å². The van der Waals surface area contributed by atoms with Crippen LogP contribution < -0.4 is 5.56 Å². The zero-order chi connectivity index (χ0) is 32.5. The maximum atomic E-state index is 14.2. The number of aromatic nitrogens is 4. The highest BCUT2D eigenvalue weighted by atomic mass is 35.5. The molecule has 2 aromatic carbocycles. The van der Waals surface area contributed by atoms with Gasteiger partial charge in [0.05, 0.1) is 32.0 Å². The van der Waals surface area contributed by atoms with Gasteiger partial charge in [-0.1, -0.05) is 71.9 Å². The van der Waals surface area contributed by atoms with Gasteiger partial charge in [-0.15, -0.1) is 0 Å². The Morgan fingerprint density at radius 1 is 1.02 bits per heavy atom. The molecule has 2 aliphatic rings. The Balaban J connectivity index is 1.09. The van der Waals surface area contributed by atoms with Crippen molar-refractivity contribution in [1.82, 2.24) is 24.4 Å². The molecule has 5 aromatic rings. The molecule has 1 spiro atoms. The smallest absolute Gasteiger partial charge is 0.410 e. The molecule has 0 atom stereocenters. The summed E-state index contributed by atoms with van der Waals surface area (Å²) in [5, 5.41) is 1.73.